The number of hydrogen-bond donors (Lipinski definition) is 1. The van der Waals surface area contributed by atoms with Crippen LogP contribution in [0.3, 0.4) is 0 Å². The Morgan fingerprint density at radius 2 is 2.20 bits per heavy atom. The maximum Gasteiger partial charge on any atom is 0.411 e. The van der Waals surface area contributed by atoms with Gasteiger partial charge in [-0.2, -0.15) is 13.2 Å². The molecule has 1 rings (SSSR count). The Bertz CT molecular complexity index is 298. The lowest BCUT2D eigenvalue weighted by atomic mass is 10.5. The zero-order valence-corrected chi connectivity index (χ0v) is 7.87. The van der Waals surface area contributed by atoms with E-state index < -0.39 is 12.8 Å². The molecule has 0 radical (unpaired) electrons. The molecule has 0 unspecified atom stereocenters. The Morgan fingerprint density at radius 1 is 1.47 bits per heavy atom. The lowest BCUT2D eigenvalue weighted by Crippen LogP contribution is -2.19. The molecule has 4 nitrogen and oxygen atoms in total. The van der Waals surface area contributed by atoms with Gasteiger partial charge in [-0.25, -0.2) is 4.98 Å². The predicted molar refractivity (Wildman–Crippen MR) is 45.0 cm³/mol. The van der Waals surface area contributed by atoms with Crippen LogP contribution in [0.1, 0.15) is 5.82 Å². The molecule has 0 fully saturated rings. The van der Waals surface area contributed by atoms with Gasteiger partial charge in [0.05, 0.1) is 6.61 Å². The summed E-state index contributed by atoms with van der Waals surface area (Å²) in [6.07, 6.45) is -1.26. The second-order valence-corrected chi connectivity index (χ2v) is 2.86. The number of aliphatic hydroxyl groups excluding tert-OH is 1. The summed E-state index contributed by atoms with van der Waals surface area (Å²) in [6.45, 7) is -1.32. The summed E-state index contributed by atoms with van der Waals surface area (Å²) in [5, 5.41) is 8.79. The highest BCUT2D eigenvalue weighted by molar-refractivity contribution is 4.89. The van der Waals surface area contributed by atoms with Gasteiger partial charge in [0.25, 0.3) is 0 Å². The summed E-state index contributed by atoms with van der Waals surface area (Å²) in [5.41, 5.74) is 0. The number of nitrogens with zero attached hydrogens (tertiary/aromatic N) is 2. The molecule has 0 bridgehead atoms. The highest BCUT2D eigenvalue weighted by atomic mass is 19.4. The minimum absolute atomic E-state index is 0.0666. The summed E-state index contributed by atoms with van der Waals surface area (Å²) in [5.74, 6) is 0.408. The average Bonchev–Trinajstić information content (AvgIpc) is 2.58. The van der Waals surface area contributed by atoms with Crippen LogP contribution in [0.4, 0.5) is 13.2 Å². The number of halogens is 3. The molecule has 7 heteroatoms. The van der Waals surface area contributed by atoms with Gasteiger partial charge >= 0.3 is 6.18 Å². The zero-order chi connectivity index (χ0) is 11.3. The third-order valence-corrected chi connectivity index (χ3v) is 1.69. The van der Waals surface area contributed by atoms with Gasteiger partial charge in [-0.15, -0.1) is 0 Å². The van der Waals surface area contributed by atoms with Crippen molar-refractivity contribution in [2.75, 3.05) is 13.2 Å². The molecular formula is C8H11F3N2O2. The molecular weight excluding hydrogens is 213 g/mol. The van der Waals surface area contributed by atoms with E-state index in [1.165, 1.54) is 10.8 Å². The van der Waals surface area contributed by atoms with Crippen LogP contribution in [0.5, 0.6) is 0 Å². The summed E-state index contributed by atoms with van der Waals surface area (Å²) >= 11 is 0. The van der Waals surface area contributed by atoms with Crippen LogP contribution < -0.4 is 0 Å². The van der Waals surface area contributed by atoms with E-state index in [0.29, 0.717) is 5.82 Å². The van der Waals surface area contributed by atoms with Gasteiger partial charge < -0.3 is 14.4 Å². The Balaban J connectivity index is 2.26. The molecule has 0 saturated heterocycles. The molecule has 1 aromatic rings. The number of imidazole rings is 1. The Labute approximate surface area is 84.3 Å². The van der Waals surface area contributed by atoms with Crippen molar-refractivity contribution < 1.29 is 23.0 Å². The van der Waals surface area contributed by atoms with Gasteiger partial charge in [0, 0.05) is 18.9 Å². The van der Waals surface area contributed by atoms with E-state index in [2.05, 4.69) is 9.72 Å². The molecule has 0 spiro atoms. The fourth-order valence-corrected chi connectivity index (χ4v) is 1.05. The van der Waals surface area contributed by atoms with E-state index in [4.69, 9.17) is 5.11 Å². The largest absolute Gasteiger partial charge is 0.411 e. The predicted octanol–water partition coefficient (Wildman–Crippen LogP) is 0.954. The number of rotatable bonds is 5. The SMILES string of the molecule is OCc1nccn1CCOCC(F)(F)F. The number of alkyl halides is 3. The second kappa shape index (κ2) is 5.13. The van der Waals surface area contributed by atoms with Crippen molar-refractivity contribution >= 4 is 0 Å². The van der Waals surface area contributed by atoms with Crippen LogP contribution in [0.25, 0.3) is 0 Å². The number of hydrogen-bond acceptors (Lipinski definition) is 3. The van der Waals surface area contributed by atoms with Crippen molar-refractivity contribution in [3.63, 3.8) is 0 Å². The van der Waals surface area contributed by atoms with Crippen molar-refractivity contribution in [3.05, 3.63) is 18.2 Å². The third-order valence-electron chi connectivity index (χ3n) is 1.69. The standard InChI is InChI=1S/C8H11F3N2O2/c9-8(10,11)6-15-4-3-13-2-1-12-7(13)5-14/h1-2,14H,3-6H2. The Kier molecular flexibility index (Phi) is 4.10. The second-order valence-electron chi connectivity index (χ2n) is 2.86. The van der Waals surface area contributed by atoms with E-state index in [1.54, 1.807) is 6.20 Å². The van der Waals surface area contributed by atoms with Crippen molar-refractivity contribution in [2.45, 2.75) is 19.3 Å². The van der Waals surface area contributed by atoms with Crippen molar-refractivity contribution in [1.29, 1.82) is 0 Å². The number of aliphatic hydroxyl groups is 1. The topological polar surface area (TPSA) is 47.3 Å². The quantitative estimate of drug-likeness (QED) is 0.757. The van der Waals surface area contributed by atoms with Gasteiger partial charge in [0.2, 0.25) is 0 Å². The molecule has 15 heavy (non-hydrogen) atoms. The van der Waals surface area contributed by atoms with Crippen LogP contribution in [0.2, 0.25) is 0 Å². The minimum Gasteiger partial charge on any atom is -0.388 e. The first kappa shape index (κ1) is 12.0. The van der Waals surface area contributed by atoms with E-state index in [-0.39, 0.29) is 19.8 Å². The van der Waals surface area contributed by atoms with Crippen LogP contribution in [0.15, 0.2) is 12.4 Å². The van der Waals surface area contributed by atoms with Gasteiger partial charge in [0.15, 0.2) is 0 Å². The number of aromatic nitrogens is 2. The first-order valence-corrected chi connectivity index (χ1v) is 4.28. The first-order valence-electron chi connectivity index (χ1n) is 4.28. The minimum atomic E-state index is -4.30. The lowest BCUT2D eigenvalue weighted by molar-refractivity contribution is -0.174. The summed E-state index contributed by atoms with van der Waals surface area (Å²) in [4.78, 5) is 3.80. The molecule has 0 atom stereocenters. The van der Waals surface area contributed by atoms with Crippen molar-refractivity contribution in [2.24, 2.45) is 0 Å². The fourth-order valence-electron chi connectivity index (χ4n) is 1.05. The van der Waals surface area contributed by atoms with E-state index >= 15 is 0 Å². The summed E-state index contributed by atoms with van der Waals surface area (Å²) in [7, 11) is 0. The maximum absolute atomic E-state index is 11.7. The van der Waals surface area contributed by atoms with E-state index in [1.807, 2.05) is 0 Å². The normalized spacial score (nSPS) is 12.0. The van der Waals surface area contributed by atoms with Gasteiger partial charge in [-0.1, -0.05) is 0 Å². The van der Waals surface area contributed by atoms with Crippen LogP contribution in [-0.4, -0.2) is 34.0 Å². The molecule has 1 N–H and O–H groups in total. The third kappa shape index (κ3) is 4.30. The molecule has 0 aliphatic rings. The first-order chi connectivity index (χ1) is 7.03. The lowest BCUT2D eigenvalue weighted by Gasteiger charge is -2.09. The summed E-state index contributed by atoms with van der Waals surface area (Å²) in [6, 6.07) is 0. The maximum atomic E-state index is 11.7. The molecule has 0 aliphatic carbocycles. The molecule has 1 heterocycles. The van der Waals surface area contributed by atoms with Gasteiger partial charge in [-0.3, -0.25) is 0 Å². The summed E-state index contributed by atoms with van der Waals surface area (Å²) < 4.78 is 41.0. The number of ether oxygens (including phenoxy) is 1. The molecule has 0 aliphatic heterocycles. The average molecular weight is 224 g/mol. The smallest absolute Gasteiger partial charge is 0.388 e. The van der Waals surface area contributed by atoms with Crippen molar-refractivity contribution in [1.82, 2.24) is 9.55 Å². The molecule has 0 aromatic carbocycles. The van der Waals surface area contributed by atoms with Crippen LogP contribution in [-0.2, 0) is 17.9 Å². The molecule has 1 aromatic heterocycles. The zero-order valence-electron chi connectivity index (χ0n) is 7.87. The molecule has 86 valence electrons. The monoisotopic (exact) mass is 224 g/mol. The van der Waals surface area contributed by atoms with Crippen LogP contribution >= 0.6 is 0 Å². The highest BCUT2D eigenvalue weighted by Crippen LogP contribution is 2.14. The van der Waals surface area contributed by atoms with E-state index in [0.717, 1.165) is 0 Å². The molecule has 0 amide bonds. The van der Waals surface area contributed by atoms with Crippen molar-refractivity contribution in [3.8, 4) is 0 Å². The molecule has 0 saturated carbocycles. The van der Waals surface area contributed by atoms with E-state index in [9.17, 15) is 13.2 Å². The Hall–Kier alpha value is -1.08. The van der Waals surface area contributed by atoms with Gasteiger partial charge in [0.1, 0.15) is 19.0 Å². The highest BCUT2D eigenvalue weighted by Gasteiger charge is 2.27. The van der Waals surface area contributed by atoms with Crippen LogP contribution in [0, 0.1) is 0 Å². The Morgan fingerprint density at radius 3 is 2.80 bits per heavy atom. The fraction of sp³-hybridized carbons (Fsp3) is 0.625. The van der Waals surface area contributed by atoms with Gasteiger partial charge in [-0.05, 0) is 0 Å².